The molecule has 84 valence electrons. The van der Waals surface area contributed by atoms with Crippen molar-refractivity contribution in [2.45, 2.75) is 32.1 Å². The molecular formula is C11H17BrN2S. The summed E-state index contributed by atoms with van der Waals surface area (Å²) in [6.07, 6.45) is 7.07. The number of aromatic nitrogens is 1. The van der Waals surface area contributed by atoms with Crippen molar-refractivity contribution in [2.24, 2.45) is 5.92 Å². The van der Waals surface area contributed by atoms with E-state index >= 15 is 0 Å². The van der Waals surface area contributed by atoms with Crippen LogP contribution in [0.5, 0.6) is 0 Å². The summed E-state index contributed by atoms with van der Waals surface area (Å²) in [5.41, 5.74) is 0. The van der Waals surface area contributed by atoms with Gasteiger partial charge in [-0.1, -0.05) is 19.3 Å². The molecule has 0 atom stereocenters. The van der Waals surface area contributed by atoms with E-state index in [1.165, 1.54) is 38.6 Å². The van der Waals surface area contributed by atoms with Crippen molar-refractivity contribution < 1.29 is 0 Å². The van der Waals surface area contributed by atoms with Crippen molar-refractivity contribution in [1.82, 2.24) is 4.98 Å². The van der Waals surface area contributed by atoms with Crippen LogP contribution in [-0.2, 0) is 0 Å². The second-order valence-electron chi connectivity index (χ2n) is 4.34. The first-order valence-corrected chi connectivity index (χ1v) is 7.25. The Hall–Kier alpha value is -0.0900. The third-order valence-electron chi connectivity index (χ3n) is 3.05. The number of hydrogen-bond acceptors (Lipinski definition) is 3. The van der Waals surface area contributed by atoms with E-state index in [0.29, 0.717) is 0 Å². The van der Waals surface area contributed by atoms with E-state index in [1.54, 1.807) is 11.3 Å². The predicted molar refractivity (Wildman–Crippen MR) is 69.7 cm³/mol. The lowest BCUT2D eigenvalue weighted by Gasteiger charge is -2.26. The summed E-state index contributed by atoms with van der Waals surface area (Å²) < 4.78 is 0.956. The summed E-state index contributed by atoms with van der Waals surface area (Å²) in [4.78, 5) is 6.73. The smallest absolute Gasteiger partial charge is 0.186 e. The van der Waals surface area contributed by atoms with Gasteiger partial charge in [-0.15, -0.1) is 11.3 Å². The third kappa shape index (κ3) is 3.18. The molecule has 0 aliphatic heterocycles. The highest BCUT2D eigenvalue weighted by Gasteiger charge is 2.16. The highest BCUT2D eigenvalue weighted by molar-refractivity contribution is 9.10. The maximum atomic E-state index is 4.44. The molecular weight excluding hydrogens is 272 g/mol. The van der Waals surface area contributed by atoms with Crippen molar-refractivity contribution in [3.63, 3.8) is 0 Å². The quantitative estimate of drug-likeness (QED) is 0.838. The third-order valence-corrected chi connectivity index (χ3v) is 4.71. The van der Waals surface area contributed by atoms with Crippen LogP contribution in [0.1, 0.15) is 32.1 Å². The van der Waals surface area contributed by atoms with E-state index < -0.39 is 0 Å². The maximum Gasteiger partial charge on any atom is 0.186 e. The van der Waals surface area contributed by atoms with Crippen molar-refractivity contribution in [1.29, 1.82) is 0 Å². The lowest BCUT2D eigenvalue weighted by molar-refractivity contribution is 0.362. The summed E-state index contributed by atoms with van der Waals surface area (Å²) in [7, 11) is 2.15. The first-order valence-electron chi connectivity index (χ1n) is 5.58. The van der Waals surface area contributed by atoms with Crippen molar-refractivity contribution in [3.8, 4) is 0 Å². The predicted octanol–water partition coefficient (Wildman–Crippen LogP) is 3.92. The fourth-order valence-electron chi connectivity index (χ4n) is 2.26. The molecule has 1 aromatic rings. The highest BCUT2D eigenvalue weighted by atomic mass is 79.9. The Labute approximate surface area is 104 Å². The Balaban J connectivity index is 1.88. The molecule has 0 radical (unpaired) electrons. The molecule has 1 saturated carbocycles. The number of rotatable bonds is 3. The Bertz CT molecular complexity index is 307. The fourth-order valence-corrected chi connectivity index (χ4v) is 3.48. The van der Waals surface area contributed by atoms with Gasteiger partial charge < -0.3 is 4.90 Å². The Morgan fingerprint density at radius 2 is 2.20 bits per heavy atom. The highest BCUT2D eigenvalue weighted by Crippen LogP contribution is 2.28. The van der Waals surface area contributed by atoms with Crippen LogP contribution in [0.2, 0.25) is 0 Å². The molecule has 1 heterocycles. The van der Waals surface area contributed by atoms with Gasteiger partial charge in [0.05, 0.1) is 0 Å². The second kappa shape index (κ2) is 5.30. The van der Waals surface area contributed by atoms with Gasteiger partial charge in [0.1, 0.15) is 4.60 Å². The van der Waals surface area contributed by atoms with Gasteiger partial charge in [0.2, 0.25) is 0 Å². The molecule has 0 amide bonds. The molecule has 1 aromatic heterocycles. The first-order chi connectivity index (χ1) is 7.25. The molecule has 0 aromatic carbocycles. The van der Waals surface area contributed by atoms with Gasteiger partial charge in [-0.3, -0.25) is 0 Å². The van der Waals surface area contributed by atoms with Gasteiger partial charge >= 0.3 is 0 Å². The SMILES string of the molecule is CN(CC1CCCCC1)c1nc(Br)cs1. The van der Waals surface area contributed by atoms with Gasteiger partial charge in [-0.25, -0.2) is 4.98 Å². The van der Waals surface area contributed by atoms with Crippen LogP contribution in [-0.4, -0.2) is 18.6 Å². The minimum atomic E-state index is 0.881. The zero-order chi connectivity index (χ0) is 10.7. The minimum absolute atomic E-state index is 0.881. The Morgan fingerprint density at radius 3 is 2.80 bits per heavy atom. The van der Waals surface area contributed by atoms with Crippen molar-refractivity contribution in [3.05, 3.63) is 9.98 Å². The van der Waals surface area contributed by atoms with E-state index in [-0.39, 0.29) is 0 Å². The molecule has 1 aliphatic carbocycles. The first kappa shape index (κ1) is 11.4. The molecule has 1 fully saturated rings. The van der Waals surface area contributed by atoms with E-state index in [9.17, 15) is 0 Å². The molecule has 2 nitrogen and oxygen atoms in total. The molecule has 0 saturated heterocycles. The summed E-state index contributed by atoms with van der Waals surface area (Å²) >= 11 is 5.11. The zero-order valence-electron chi connectivity index (χ0n) is 9.08. The van der Waals surface area contributed by atoms with Gasteiger partial charge in [0, 0.05) is 19.0 Å². The second-order valence-corrected chi connectivity index (χ2v) is 5.99. The van der Waals surface area contributed by atoms with Gasteiger partial charge in [-0.2, -0.15) is 0 Å². The number of anilines is 1. The molecule has 0 N–H and O–H groups in total. The topological polar surface area (TPSA) is 16.1 Å². The molecule has 0 unspecified atom stereocenters. The normalized spacial score (nSPS) is 18.0. The van der Waals surface area contributed by atoms with Gasteiger partial charge in [0.15, 0.2) is 5.13 Å². The standard InChI is InChI=1S/C11H17BrN2S/c1-14(11-13-10(12)8-15-11)7-9-5-3-2-4-6-9/h8-9H,2-7H2,1H3. The minimum Gasteiger partial charge on any atom is -0.351 e. The van der Waals surface area contributed by atoms with Crippen LogP contribution in [0, 0.1) is 5.92 Å². The number of thiazole rings is 1. The van der Waals surface area contributed by atoms with E-state index in [1.807, 2.05) is 5.38 Å². The summed E-state index contributed by atoms with van der Waals surface area (Å²) in [6.45, 7) is 1.17. The average molecular weight is 289 g/mol. The molecule has 15 heavy (non-hydrogen) atoms. The lowest BCUT2D eigenvalue weighted by Crippen LogP contribution is -2.26. The van der Waals surface area contributed by atoms with E-state index in [0.717, 1.165) is 15.7 Å². The van der Waals surface area contributed by atoms with Crippen LogP contribution in [0.4, 0.5) is 5.13 Å². The van der Waals surface area contributed by atoms with Crippen LogP contribution < -0.4 is 4.90 Å². The lowest BCUT2D eigenvalue weighted by atomic mass is 9.89. The average Bonchev–Trinajstić information content (AvgIpc) is 2.66. The Morgan fingerprint density at radius 1 is 1.47 bits per heavy atom. The van der Waals surface area contributed by atoms with Crippen molar-refractivity contribution >= 4 is 32.4 Å². The van der Waals surface area contributed by atoms with Crippen LogP contribution in [0.25, 0.3) is 0 Å². The number of halogens is 1. The molecule has 2 rings (SSSR count). The largest absolute Gasteiger partial charge is 0.351 e. The summed E-state index contributed by atoms with van der Waals surface area (Å²) in [5.74, 6) is 0.881. The van der Waals surface area contributed by atoms with Crippen LogP contribution in [0.15, 0.2) is 9.98 Å². The van der Waals surface area contributed by atoms with E-state index in [2.05, 4.69) is 32.9 Å². The molecule has 0 bridgehead atoms. The van der Waals surface area contributed by atoms with E-state index in [4.69, 9.17) is 0 Å². The fraction of sp³-hybridized carbons (Fsp3) is 0.727. The van der Waals surface area contributed by atoms with Crippen LogP contribution in [0.3, 0.4) is 0 Å². The van der Waals surface area contributed by atoms with Crippen LogP contribution >= 0.6 is 27.3 Å². The van der Waals surface area contributed by atoms with Crippen molar-refractivity contribution in [2.75, 3.05) is 18.5 Å². The monoisotopic (exact) mass is 288 g/mol. The maximum absolute atomic E-state index is 4.44. The Kier molecular flexibility index (Phi) is 4.03. The number of hydrogen-bond donors (Lipinski definition) is 0. The summed E-state index contributed by atoms with van der Waals surface area (Å²) in [6, 6.07) is 0. The zero-order valence-corrected chi connectivity index (χ0v) is 11.5. The molecule has 0 spiro atoms. The van der Waals surface area contributed by atoms with Gasteiger partial charge in [-0.05, 0) is 34.7 Å². The molecule has 1 aliphatic rings. The summed E-state index contributed by atoms with van der Waals surface area (Å²) in [5, 5.41) is 3.18. The van der Waals surface area contributed by atoms with Gasteiger partial charge in [0.25, 0.3) is 0 Å². The number of nitrogens with zero attached hydrogens (tertiary/aromatic N) is 2. The molecule has 4 heteroatoms.